The van der Waals surface area contributed by atoms with Crippen LogP contribution in [0.5, 0.6) is 0 Å². The highest BCUT2D eigenvalue weighted by molar-refractivity contribution is 7.99. The minimum atomic E-state index is -0.209. The van der Waals surface area contributed by atoms with Crippen molar-refractivity contribution in [3.63, 3.8) is 0 Å². The minimum absolute atomic E-state index is 0.0457. The first-order valence-corrected chi connectivity index (χ1v) is 12.9. The largest absolute Gasteiger partial charge is 0.379 e. The van der Waals surface area contributed by atoms with Gasteiger partial charge in [0.1, 0.15) is 16.8 Å². The van der Waals surface area contributed by atoms with Crippen LogP contribution in [0.3, 0.4) is 0 Å². The monoisotopic (exact) mass is 508 g/mol. The zero-order valence-electron chi connectivity index (χ0n) is 19.1. The van der Waals surface area contributed by atoms with Gasteiger partial charge < -0.3 is 19.9 Å². The van der Waals surface area contributed by atoms with Gasteiger partial charge in [-0.15, -0.1) is 0 Å². The standard InChI is InChI=1S/C23H30ClFN6O2S/c24-20-16-21(31-10-8-30(9-11-31)19-5-2-1-4-18(19)25)28-23(27-20)34-17-22(32)26-6-3-7-29-12-14-33-15-13-29/h1-2,4-5,16H,3,6-15,17H2,(H,26,32). The Morgan fingerprint density at radius 1 is 1.09 bits per heavy atom. The highest BCUT2D eigenvalue weighted by Crippen LogP contribution is 2.25. The number of aromatic nitrogens is 2. The Bertz CT molecular complexity index is 957. The van der Waals surface area contributed by atoms with Crippen LogP contribution in [0.2, 0.25) is 5.15 Å². The van der Waals surface area contributed by atoms with Gasteiger partial charge in [0.05, 0.1) is 24.7 Å². The molecule has 2 fully saturated rings. The molecule has 8 nitrogen and oxygen atoms in total. The SMILES string of the molecule is O=C(CSc1nc(Cl)cc(N2CCN(c3ccccc3F)CC2)n1)NCCCN1CCOCC1. The van der Waals surface area contributed by atoms with Gasteiger partial charge in [0.15, 0.2) is 5.16 Å². The smallest absolute Gasteiger partial charge is 0.230 e. The molecule has 4 rings (SSSR count). The van der Waals surface area contributed by atoms with Gasteiger partial charge in [-0.2, -0.15) is 0 Å². The predicted octanol–water partition coefficient (Wildman–Crippen LogP) is 2.53. The Morgan fingerprint density at radius 2 is 1.82 bits per heavy atom. The lowest BCUT2D eigenvalue weighted by atomic mass is 10.2. The van der Waals surface area contributed by atoms with Crippen molar-refractivity contribution in [1.29, 1.82) is 0 Å². The van der Waals surface area contributed by atoms with Crippen molar-refractivity contribution in [3.8, 4) is 0 Å². The maximum Gasteiger partial charge on any atom is 0.230 e. The Morgan fingerprint density at radius 3 is 2.59 bits per heavy atom. The molecule has 0 spiro atoms. The molecule has 3 heterocycles. The third kappa shape index (κ3) is 7.18. The number of nitrogens with zero attached hydrogens (tertiary/aromatic N) is 5. The number of amides is 1. The summed E-state index contributed by atoms with van der Waals surface area (Å²) in [6.07, 6.45) is 0.910. The molecule has 1 N–H and O–H groups in total. The number of hydrogen-bond acceptors (Lipinski definition) is 8. The molecule has 2 saturated heterocycles. The summed E-state index contributed by atoms with van der Waals surface area (Å²) in [5, 5.41) is 3.77. The average molecular weight is 509 g/mol. The Hall–Kier alpha value is -2.14. The number of carbonyl (C=O) groups excluding carboxylic acids is 1. The first kappa shape index (κ1) is 25.0. The summed E-state index contributed by atoms with van der Waals surface area (Å²) in [7, 11) is 0. The number of ether oxygens (including phenoxy) is 1. The zero-order valence-corrected chi connectivity index (χ0v) is 20.7. The van der Waals surface area contributed by atoms with Gasteiger partial charge in [0.2, 0.25) is 5.91 Å². The van der Waals surface area contributed by atoms with Crippen molar-refractivity contribution in [2.24, 2.45) is 0 Å². The second-order valence-corrected chi connectivity index (χ2v) is 9.53. The van der Waals surface area contributed by atoms with E-state index in [1.165, 1.54) is 17.8 Å². The van der Waals surface area contributed by atoms with Gasteiger partial charge in [-0.3, -0.25) is 9.69 Å². The lowest BCUT2D eigenvalue weighted by molar-refractivity contribution is -0.118. The maximum atomic E-state index is 14.1. The molecule has 0 saturated carbocycles. The lowest BCUT2D eigenvalue weighted by Crippen LogP contribution is -2.47. The highest BCUT2D eigenvalue weighted by atomic mass is 35.5. The number of para-hydroxylation sites is 1. The molecule has 0 unspecified atom stereocenters. The summed E-state index contributed by atoms with van der Waals surface area (Å²) >= 11 is 7.51. The van der Waals surface area contributed by atoms with Crippen LogP contribution < -0.4 is 15.1 Å². The van der Waals surface area contributed by atoms with Crippen LogP contribution in [0.1, 0.15) is 6.42 Å². The van der Waals surface area contributed by atoms with Crippen molar-refractivity contribution in [2.75, 3.05) is 81.1 Å². The fourth-order valence-corrected chi connectivity index (χ4v) is 4.94. The number of thioether (sulfide) groups is 1. The zero-order chi connectivity index (χ0) is 23.8. The van der Waals surface area contributed by atoms with Crippen molar-refractivity contribution in [3.05, 3.63) is 41.3 Å². The molecule has 0 bridgehead atoms. The normalized spacial score (nSPS) is 17.1. The summed E-state index contributed by atoms with van der Waals surface area (Å²) in [6, 6.07) is 8.56. The van der Waals surface area contributed by atoms with E-state index in [9.17, 15) is 9.18 Å². The van der Waals surface area contributed by atoms with Gasteiger partial charge in [-0.1, -0.05) is 35.5 Å². The van der Waals surface area contributed by atoms with Crippen LogP contribution in [0.15, 0.2) is 35.5 Å². The number of nitrogens with one attached hydrogen (secondary N) is 1. The number of benzene rings is 1. The molecule has 2 aromatic rings. The second-order valence-electron chi connectivity index (χ2n) is 8.20. The Kier molecular flexibility index (Phi) is 9.20. The van der Waals surface area contributed by atoms with Gasteiger partial charge in [0, 0.05) is 51.9 Å². The fraction of sp³-hybridized carbons (Fsp3) is 0.522. The molecule has 0 aliphatic carbocycles. The maximum absolute atomic E-state index is 14.1. The predicted molar refractivity (Wildman–Crippen MR) is 133 cm³/mol. The van der Waals surface area contributed by atoms with Crippen LogP contribution in [-0.4, -0.2) is 92.1 Å². The van der Waals surface area contributed by atoms with E-state index in [1.807, 2.05) is 11.0 Å². The molecule has 1 aromatic heterocycles. The summed E-state index contributed by atoms with van der Waals surface area (Å²) in [4.78, 5) is 27.6. The molecule has 1 amide bonds. The van der Waals surface area contributed by atoms with E-state index in [4.69, 9.17) is 16.3 Å². The summed E-state index contributed by atoms with van der Waals surface area (Å²) in [5.74, 6) is 0.703. The quantitative estimate of drug-likeness (QED) is 0.240. The average Bonchev–Trinajstić information content (AvgIpc) is 2.86. The number of carbonyl (C=O) groups is 1. The van der Waals surface area contributed by atoms with Crippen LogP contribution in [0, 0.1) is 5.82 Å². The second kappa shape index (κ2) is 12.5. The first-order valence-electron chi connectivity index (χ1n) is 11.6. The van der Waals surface area contributed by atoms with Gasteiger partial charge in [-0.05, 0) is 25.1 Å². The van der Waals surface area contributed by atoms with Crippen LogP contribution in [0.25, 0.3) is 0 Å². The van der Waals surface area contributed by atoms with E-state index >= 15 is 0 Å². The Labute approximate surface area is 208 Å². The topological polar surface area (TPSA) is 73.8 Å². The molecule has 11 heteroatoms. The number of rotatable bonds is 9. The van der Waals surface area contributed by atoms with Crippen molar-refractivity contribution in [1.82, 2.24) is 20.2 Å². The molecule has 2 aliphatic rings. The van der Waals surface area contributed by atoms with E-state index in [2.05, 4.69) is 25.1 Å². The molecule has 0 atom stereocenters. The van der Waals surface area contributed by atoms with Gasteiger partial charge in [-0.25, -0.2) is 14.4 Å². The number of morpholine rings is 1. The van der Waals surface area contributed by atoms with Crippen LogP contribution in [-0.2, 0) is 9.53 Å². The molecule has 2 aliphatic heterocycles. The summed E-state index contributed by atoms with van der Waals surface area (Å²) in [5.41, 5.74) is 0.620. The molecule has 34 heavy (non-hydrogen) atoms. The van der Waals surface area contributed by atoms with Gasteiger partial charge in [0.25, 0.3) is 0 Å². The first-order chi connectivity index (χ1) is 16.6. The Balaban J connectivity index is 1.22. The number of piperazine rings is 1. The van der Waals surface area contributed by atoms with Crippen LogP contribution >= 0.6 is 23.4 Å². The van der Waals surface area contributed by atoms with Gasteiger partial charge >= 0.3 is 0 Å². The number of anilines is 2. The molecule has 184 valence electrons. The van der Waals surface area contributed by atoms with E-state index in [0.29, 0.717) is 48.7 Å². The molecule has 1 aromatic carbocycles. The van der Waals surface area contributed by atoms with E-state index in [-0.39, 0.29) is 17.5 Å². The third-order valence-corrected chi connectivity index (χ3v) is 6.91. The van der Waals surface area contributed by atoms with Crippen molar-refractivity contribution >= 4 is 40.8 Å². The van der Waals surface area contributed by atoms with Crippen LogP contribution in [0.4, 0.5) is 15.9 Å². The molecular weight excluding hydrogens is 479 g/mol. The van der Waals surface area contributed by atoms with E-state index in [0.717, 1.165) is 45.1 Å². The lowest BCUT2D eigenvalue weighted by Gasteiger charge is -2.36. The van der Waals surface area contributed by atoms with E-state index in [1.54, 1.807) is 18.2 Å². The van der Waals surface area contributed by atoms with Crippen molar-refractivity contribution < 1.29 is 13.9 Å². The molecule has 0 radical (unpaired) electrons. The highest BCUT2D eigenvalue weighted by Gasteiger charge is 2.21. The summed E-state index contributed by atoms with van der Waals surface area (Å²) < 4.78 is 19.4. The summed E-state index contributed by atoms with van der Waals surface area (Å²) in [6.45, 7) is 7.82. The number of hydrogen-bond donors (Lipinski definition) is 1. The van der Waals surface area contributed by atoms with Crippen molar-refractivity contribution in [2.45, 2.75) is 11.6 Å². The minimum Gasteiger partial charge on any atom is -0.379 e. The number of halogens is 2. The van der Waals surface area contributed by atoms with E-state index < -0.39 is 0 Å². The third-order valence-electron chi connectivity index (χ3n) is 5.87. The molecular formula is C23H30ClFN6O2S. The fourth-order valence-electron chi connectivity index (χ4n) is 4.03.